The van der Waals surface area contributed by atoms with E-state index in [1.165, 1.54) is 0 Å². The predicted octanol–water partition coefficient (Wildman–Crippen LogP) is 8.12. The van der Waals surface area contributed by atoms with Crippen molar-refractivity contribution in [3.8, 4) is 11.5 Å². The molecular formula is C20H15Cl6NO3. The van der Waals surface area contributed by atoms with Crippen molar-refractivity contribution in [2.45, 2.75) is 20.5 Å². The van der Waals surface area contributed by atoms with Crippen molar-refractivity contribution in [3.63, 3.8) is 0 Å². The number of halogens is 6. The minimum absolute atomic E-state index is 0.0174. The van der Waals surface area contributed by atoms with Gasteiger partial charge in [-0.1, -0.05) is 95.6 Å². The molecule has 1 saturated carbocycles. The Kier molecular flexibility index (Phi) is 7.38. The third kappa shape index (κ3) is 5.12. The zero-order chi connectivity index (χ0) is 22.2. The number of pyridine rings is 1. The molecule has 1 aliphatic rings. The Morgan fingerprint density at radius 2 is 1.63 bits per heavy atom. The van der Waals surface area contributed by atoms with Crippen molar-refractivity contribution < 1.29 is 14.3 Å². The Morgan fingerprint density at radius 3 is 2.17 bits per heavy atom. The standard InChI is InChI=1S/C20H15Cl6NO3/c1-20(2)11(7-12(21)22)13(20)19(28)29-8-9-3-5-10(6-4-9)30-16-14(23)17(25)27-18(26)15(16)24/h3-7,11,13H,8H2,1-2H3. The maximum Gasteiger partial charge on any atom is 0.310 e. The van der Waals surface area contributed by atoms with Crippen LogP contribution < -0.4 is 4.74 Å². The molecule has 0 bridgehead atoms. The summed E-state index contributed by atoms with van der Waals surface area (Å²) < 4.78 is 11.3. The minimum Gasteiger partial charge on any atom is -0.461 e. The molecule has 30 heavy (non-hydrogen) atoms. The van der Waals surface area contributed by atoms with Gasteiger partial charge in [0.1, 0.15) is 26.9 Å². The highest BCUT2D eigenvalue weighted by Gasteiger charge is 2.61. The molecule has 160 valence electrons. The van der Waals surface area contributed by atoms with Gasteiger partial charge < -0.3 is 9.47 Å². The fraction of sp³-hybridized carbons (Fsp3) is 0.300. The topological polar surface area (TPSA) is 48.4 Å². The van der Waals surface area contributed by atoms with Gasteiger partial charge in [-0.05, 0) is 35.1 Å². The van der Waals surface area contributed by atoms with Crippen LogP contribution in [0.3, 0.4) is 0 Å². The van der Waals surface area contributed by atoms with Crippen LogP contribution in [0.15, 0.2) is 34.8 Å². The lowest BCUT2D eigenvalue weighted by Crippen LogP contribution is -2.10. The molecule has 1 heterocycles. The molecule has 1 aromatic heterocycles. The lowest BCUT2D eigenvalue weighted by atomic mass is 10.1. The van der Waals surface area contributed by atoms with Crippen LogP contribution in [0, 0.1) is 17.3 Å². The van der Waals surface area contributed by atoms with E-state index in [0.717, 1.165) is 5.56 Å². The number of benzene rings is 1. The fourth-order valence-electron chi connectivity index (χ4n) is 3.15. The molecule has 4 nitrogen and oxygen atoms in total. The van der Waals surface area contributed by atoms with Crippen molar-refractivity contribution in [2.24, 2.45) is 17.3 Å². The van der Waals surface area contributed by atoms with Crippen LogP contribution in [0.25, 0.3) is 0 Å². The molecule has 0 amide bonds. The maximum atomic E-state index is 12.4. The molecule has 0 spiro atoms. The average Bonchev–Trinajstić information content (AvgIpc) is 3.21. The smallest absolute Gasteiger partial charge is 0.310 e. The molecule has 1 fully saturated rings. The Balaban J connectivity index is 1.62. The first-order valence-corrected chi connectivity index (χ1v) is 11.0. The van der Waals surface area contributed by atoms with Gasteiger partial charge in [-0.2, -0.15) is 0 Å². The first-order valence-electron chi connectivity index (χ1n) is 8.68. The van der Waals surface area contributed by atoms with Gasteiger partial charge in [-0.3, -0.25) is 4.79 Å². The highest BCUT2D eigenvalue weighted by atomic mass is 35.5. The number of carbonyl (C=O) groups excluding carboxylic acids is 1. The molecule has 0 aliphatic heterocycles. The van der Waals surface area contributed by atoms with Crippen LogP contribution in [0.2, 0.25) is 20.4 Å². The van der Waals surface area contributed by atoms with Gasteiger partial charge in [-0.25, -0.2) is 4.98 Å². The van der Waals surface area contributed by atoms with Crippen molar-refractivity contribution >= 4 is 75.6 Å². The van der Waals surface area contributed by atoms with E-state index in [1.54, 1.807) is 30.3 Å². The number of carbonyl (C=O) groups is 1. The quantitative estimate of drug-likeness (QED) is 0.280. The average molecular weight is 530 g/mol. The normalized spacial score (nSPS) is 19.2. The van der Waals surface area contributed by atoms with E-state index in [2.05, 4.69) is 4.98 Å². The van der Waals surface area contributed by atoms with Crippen LogP contribution in [-0.4, -0.2) is 11.0 Å². The van der Waals surface area contributed by atoms with Crippen molar-refractivity contribution in [1.82, 2.24) is 4.98 Å². The van der Waals surface area contributed by atoms with Crippen LogP contribution in [0.1, 0.15) is 19.4 Å². The molecule has 1 aromatic carbocycles. The van der Waals surface area contributed by atoms with E-state index in [9.17, 15) is 4.79 Å². The van der Waals surface area contributed by atoms with E-state index in [0.29, 0.717) is 5.75 Å². The van der Waals surface area contributed by atoms with Crippen LogP contribution in [-0.2, 0) is 16.1 Å². The molecular weight excluding hydrogens is 515 g/mol. The largest absolute Gasteiger partial charge is 0.461 e. The molecule has 0 N–H and O–H groups in total. The van der Waals surface area contributed by atoms with E-state index in [4.69, 9.17) is 79.1 Å². The summed E-state index contributed by atoms with van der Waals surface area (Å²) >= 11 is 35.5. The van der Waals surface area contributed by atoms with Crippen LogP contribution in [0.5, 0.6) is 11.5 Å². The lowest BCUT2D eigenvalue weighted by molar-refractivity contribution is -0.147. The number of hydrogen-bond acceptors (Lipinski definition) is 4. The summed E-state index contributed by atoms with van der Waals surface area (Å²) in [6.07, 6.45) is 1.68. The molecule has 2 aromatic rings. The number of rotatable bonds is 6. The number of allylic oxidation sites excluding steroid dienone is 1. The molecule has 1 aliphatic carbocycles. The number of ether oxygens (including phenoxy) is 2. The summed E-state index contributed by atoms with van der Waals surface area (Å²) in [5.41, 5.74) is 0.537. The number of aromatic nitrogens is 1. The molecule has 0 radical (unpaired) electrons. The van der Waals surface area contributed by atoms with Gasteiger partial charge in [0.25, 0.3) is 0 Å². The summed E-state index contributed by atoms with van der Waals surface area (Å²) in [4.78, 5) is 16.2. The highest BCUT2D eigenvalue weighted by Crippen LogP contribution is 2.60. The monoisotopic (exact) mass is 527 g/mol. The zero-order valence-electron chi connectivity index (χ0n) is 15.7. The summed E-state index contributed by atoms with van der Waals surface area (Å²) in [5.74, 6) is -0.0684. The second-order valence-electron chi connectivity index (χ2n) is 7.29. The maximum absolute atomic E-state index is 12.4. The summed E-state index contributed by atoms with van der Waals surface area (Å²) in [5, 5.41) is 0.0703. The Labute approximate surface area is 204 Å². The summed E-state index contributed by atoms with van der Waals surface area (Å²) in [6, 6.07) is 6.86. The van der Waals surface area contributed by atoms with Gasteiger partial charge in [0.15, 0.2) is 16.1 Å². The Bertz CT molecular complexity index is 976. The second-order valence-corrected chi connectivity index (χ2v) is 9.77. The molecule has 3 rings (SSSR count). The third-order valence-electron chi connectivity index (χ3n) is 4.95. The first kappa shape index (κ1) is 23.8. The fourth-order valence-corrected chi connectivity index (χ4v) is 4.20. The number of esters is 1. The summed E-state index contributed by atoms with van der Waals surface area (Å²) in [6.45, 7) is 4.05. The first-order chi connectivity index (χ1) is 14.0. The van der Waals surface area contributed by atoms with E-state index < -0.39 is 0 Å². The van der Waals surface area contributed by atoms with Gasteiger partial charge >= 0.3 is 5.97 Å². The van der Waals surface area contributed by atoms with Crippen molar-refractivity contribution in [2.75, 3.05) is 0 Å². The molecule has 2 atom stereocenters. The van der Waals surface area contributed by atoms with E-state index in [-0.39, 0.29) is 60.4 Å². The number of hydrogen-bond donors (Lipinski definition) is 0. The van der Waals surface area contributed by atoms with Crippen molar-refractivity contribution in [3.05, 3.63) is 60.7 Å². The Morgan fingerprint density at radius 1 is 1.07 bits per heavy atom. The Hall–Kier alpha value is -0.880. The van der Waals surface area contributed by atoms with E-state index in [1.807, 2.05) is 13.8 Å². The lowest BCUT2D eigenvalue weighted by Gasteiger charge is -2.12. The SMILES string of the molecule is CC1(C)C(C=C(Cl)Cl)C1C(=O)OCc1ccc(Oc2c(Cl)c(Cl)nc(Cl)c2Cl)cc1. The highest BCUT2D eigenvalue weighted by molar-refractivity contribution is 6.55. The number of nitrogens with zero attached hydrogens (tertiary/aromatic N) is 1. The van der Waals surface area contributed by atoms with Gasteiger partial charge in [0.2, 0.25) is 0 Å². The zero-order valence-corrected chi connectivity index (χ0v) is 20.2. The minimum atomic E-state index is -0.296. The molecule has 0 saturated heterocycles. The van der Waals surface area contributed by atoms with Gasteiger partial charge in [0, 0.05) is 0 Å². The van der Waals surface area contributed by atoms with Gasteiger partial charge in [0.05, 0.1) is 5.92 Å². The van der Waals surface area contributed by atoms with Crippen LogP contribution >= 0.6 is 69.6 Å². The van der Waals surface area contributed by atoms with Crippen molar-refractivity contribution in [1.29, 1.82) is 0 Å². The second kappa shape index (κ2) is 9.32. The van der Waals surface area contributed by atoms with E-state index >= 15 is 0 Å². The molecule has 2 unspecified atom stereocenters. The van der Waals surface area contributed by atoms with Crippen LogP contribution in [0.4, 0.5) is 0 Å². The predicted molar refractivity (Wildman–Crippen MR) is 121 cm³/mol. The summed E-state index contributed by atoms with van der Waals surface area (Å²) in [7, 11) is 0. The molecule has 10 heteroatoms. The third-order valence-corrected chi connectivity index (χ3v) is 6.65. The van der Waals surface area contributed by atoms with Gasteiger partial charge in [-0.15, -0.1) is 0 Å².